The Morgan fingerprint density at radius 3 is 2.78 bits per heavy atom. The van der Waals surface area contributed by atoms with Gasteiger partial charge >= 0.3 is 0 Å². The van der Waals surface area contributed by atoms with Gasteiger partial charge in [-0.1, -0.05) is 30.3 Å². The maximum absolute atomic E-state index is 11.6. The van der Waals surface area contributed by atoms with Crippen LogP contribution in [0.4, 0.5) is 0 Å². The molecule has 27 heavy (non-hydrogen) atoms. The van der Waals surface area contributed by atoms with Crippen LogP contribution >= 0.6 is 0 Å². The van der Waals surface area contributed by atoms with E-state index >= 15 is 0 Å². The van der Waals surface area contributed by atoms with Crippen LogP contribution in [0.2, 0.25) is 0 Å². The summed E-state index contributed by atoms with van der Waals surface area (Å²) in [5.74, 6) is -0.0190. The molecular weight excluding hydrogens is 362 g/mol. The molecule has 3 atom stereocenters. The van der Waals surface area contributed by atoms with Gasteiger partial charge in [0.25, 0.3) is 0 Å². The average Bonchev–Trinajstić information content (AvgIpc) is 3.22. The Morgan fingerprint density at radius 2 is 1.96 bits per heavy atom. The number of sulfonamides is 1. The van der Waals surface area contributed by atoms with Crippen molar-refractivity contribution in [3.8, 4) is 11.3 Å². The number of hydrogen-bond acceptors (Lipinski definition) is 4. The van der Waals surface area contributed by atoms with Gasteiger partial charge < -0.3 is 9.67 Å². The number of nitrogens with zero attached hydrogens (tertiary/aromatic N) is 2. The van der Waals surface area contributed by atoms with Crippen LogP contribution in [0, 0.1) is 5.92 Å². The predicted octanol–water partition coefficient (Wildman–Crippen LogP) is 2.40. The molecule has 0 amide bonds. The van der Waals surface area contributed by atoms with E-state index in [-0.39, 0.29) is 16.9 Å². The molecule has 7 heteroatoms. The van der Waals surface area contributed by atoms with E-state index in [1.54, 1.807) is 12.1 Å². The van der Waals surface area contributed by atoms with Gasteiger partial charge in [0, 0.05) is 11.5 Å². The van der Waals surface area contributed by atoms with Crippen molar-refractivity contribution >= 4 is 10.0 Å². The maximum Gasteiger partial charge on any atom is 0.238 e. The molecule has 2 heterocycles. The molecule has 0 bridgehead atoms. The number of hydrogen-bond donors (Lipinski definition) is 2. The molecule has 2 aromatic carbocycles. The summed E-state index contributed by atoms with van der Waals surface area (Å²) in [4.78, 5) is 4.39. The number of primary sulfonamides is 1. The highest BCUT2D eigenvalue weighted by Gasteiger charge is 2.40. The minimum atomic E-state index is -3.75. The van der Waals surface area contributed by atoms with Gasteiger partial charge in [0.15, 0.2) is 0 Å². The summed E-state index contributed by atoms with van der Waals surface area (Å²) >= 11 is 0. The first kappa shape index (κ1) is 16.7. The molecule has 5 rings (SSSR count). The fraction of sp³-hybridized carbons (Fsp3) is 0.250. The van der Waals surface area contributed by atoms with Crippen LogP contribution in [0.5, 0.6) is 0 Å². The average molecular weight is 381 g/mol. The molecule has 0 spiro atoms. The second-order valence-corrected chi connectivity index (χ2v) is 8.83. The molecule has 1 aliphatic heterocycles. The van der Waals surface area contributed by atoms with E-state index in [9.17, 15) is 13.5 Å². The monoisotopic (exact) mass is 381 g/mol. The lowest BCUT2D eigenvalue weighted by Crippen LogP contribution is -2.29. The molecule has 1 unspecified atom stereocenters. The molecule has 0 saturated carbocycles. The van der Waals surface area contributed by atoms with Gasteiger partial charge in [-0.15, -0.1) is 0 Å². The number of aliphatic hydroxyl groups is 1. The number of aromatic nitrogens is 2. The van der Waals surface area contributed by atoms with Crippen LogP contribution in [0.15, 0.2) is 59.9 Å². The van der Waals surface area contributed by atoms with E-state index in [4.69, 9.17) is 5.14 Å². The van der Waals surface area contributed by atoms with Gasteiger partial charge in [-0.25, -0.2) is 18.5 Å². The van der Waals surface area contributed by atoms with Crippen LogP contribution in [-0.2, 0) is 16.4 Å². The number of rotatable bonds is 2. The highest BCUT2D eigenvalue weighted by Crippen LogP contribution is 2.49. The SMILES string of the molecule is NS(=O)(=O)c1ccc2c(c1)CC[C@H](C1c3ccccc3-c3cncn31)[C@@H]2O. The number of imidazole rings is 1. The van der Waals surface area contributed by atoms with Crippen molar-refractivity contribution in [3.05, 3.63) is 71.7 Å². The third-order valence-electron chi connectivity index (χ3n) is 5.84. The lowest BCUT2D eigenvalue weighted by molar-refractivity contribution is 0.0719. The molecular formula is C20H19N3O3S. The first-order valence-electron chi connectivity index (χ1n) is 8.90. The zero-order valence-electron chi connectivity index (χ0n) is 14.5. The Bertz CT molecular complexity index is 1150. The number of benzene rings is 2. The summed E-state index contributed by atoms with van der Waals surface area (Å²) < 4.78 is 25.4. The highest BCUT2D eigenvalue weighted by atomic mass is 32.2. The lowest BCUT2D eigenvalue weighted by Gasteiger charge is -2.35. The fourth-order valence-electron chi connectivity index (χ4n) is 4.62. The molecule has 3 N–H and O–H groups in total. The number of nitrogens with two attached hydrogens (primary N) is 1. The Morgan fingerprint density at radius 1 is 1.15 bits per heavy atom. The molecule has 6 nitrogen and oxygen atoms in total. The molecule has 2 aliphatic rings. The van der Waals surface area contributed by atoms with Crippen LogP contribution in [0.3, 0.4) is 0 Å². The molecule has 0 fully saturated rings. The van der Waals surface area contributed by atoms with Crippen molar-refractivity contribution in [2.75, 3.05) is 0 Å². The Kier molecular flexibility index (Phi) is 3.56. The van der Waals surface area contributed by atoms with Gasteiger partial charge in [-0.05, 0) is 41.7 Å². The van der Waals surface area contributed by atoms with Crippen LogP contribution in [0.1, 0.15) is 35.3 Å². The first-order chi connectivity index (χ1) is 12.9. The minimum absolute atomic E-state index is 0.0137. The highest BCUT2D eigenvalue weighted by molar-refractivity contribution is 7.89. The number of aliphatic hydroxyl groups excluding tert-OH is 1. The summed E-state index contributed by atoms with van der Waals surface area (Å²) in [6.07, 6.45) is 4.45. The van der Waals surface area contributed by atoms with Gasteiger partial charge in [0.2, 0.25) is 10.0 Å². The third kappa shape index (κ3) is 2.46. The molecule has 0 saturated heterocycles. The van der Waals surface area contributed by atoms with E-state index in [0.717, 1.165) is 28.8 Å². The molecule has 138 valence electrons. The Labute approximate surface area is 157 Å². The topological polar surface area (TPSA) is 98.2 Å². The zero-order valence-corrected chi connectivity index (χ0v) is 15.3. The normalized spacial score (nSPS) is 23.6. The van der Waals surface area contributed by atoms with Gasteiger partial charge in [-0.2, -0.15) is 0 Å². The smallest absolute Gasteiger partial charge is 0.238 e. The standard InChI is InChI=1S/C20H19N3O3S/c21-27(25,26)13-6-8-14-12(9-13)5-7-17(20(14)24)19-16-4-2-1-3-15(16)18-10-22-11-23(18)19/h1-4,6,8-11,17,19-20,24H,5,7H2,(H2,21,25,26)/t17-,19?,20-/m1/s1. The summed E-state index contributed by atoms with van der Waals surface area (Å²) in [6.45, 7) is 0. The Balaban J connectivity index is 1.57. The summed E-state index contributed by atoms with van der Waals surface area (Å²) in [5, 5.41) is 16.4. The largest absolute Gasteiger partial charge is 0.388 e. The maximum atomic E-state index is 11.6. The van der Waals surface area contributed by atoms with E-state index < -0.39 is 16.1 Å². The summed E-state index contributed by atoms with van der Waals surface area (Å²) in [5.41, 5.74) is 5.05. The van der Waals surface area contributed by atoms with Crippen molar-refractivity contribution in [3.63, 3.8) is 0 Å². The van der Waals surface area contributed by atoms with Crippen LogP contribution < -0.4 is 5.14 Å². The van der Waals surface area contributed by atoms with E-state index in [1.165, 1.54) is 11.6 Å². The fourth-order valence-corrected chi connectivity index (χ4v) is 5.18. The van der Waals surface area contributed by atoms with Gasteiger partial charge in [-0.3, -0.25) is 0 Å². The second-order valence-electron chi connectivity index (χ2n) is 7.27. The van der Waals surface area contributed by atoms with Crippen molar-refractivity contribution in [1.82, 2.24) is 9.55 Å². The molecule has 3 aromatic rings. The van der Waals surface area contributed by atoms with Gasteiger partial charge in [0.05, 0.1) is 35.3 Å². The second kappa shape index (κ2) is 5.76. The predicted molar refractivity (Wildman–Crippen MR) is 100 cm³/mol. The number of fused-ring (bicyclic) bond motifs is 4. The lowest BCUT2D eigenvalue weighted by atomic mass is 9.76. The first-order valence-corrected chi connectivity index (χ1v) is 10.4. The number of aryl methyl sites for hydroxylation is 1. The zero-order chi connectivity index (χ0) is 18.8. The van der Waals surface area contributed by atoms with Crippen LogP contribution in [-0.4, -0.2) is 23.1 Å². The quantitative estimate of drug-likeness (QED) is 0.712. The van der Waals surface area contributed by atoms with E-state index in [0.29, 0.717) is 6.42 Å². The summed E-state index contributed by atoms with van der Waals surface area (Å²) in [7, 11) is -3.75. The molecule has 1 aliphatic carbocycles. The Hall–Kier alpha value is -2.48. The van der Waals surface area contributed by atoms with E-state index in [1.807, 2.05) is 24.7 Å². The van der Waals surface area contributed by atoms with Crippen molar-refractivity contribution < 1.29 is 13.5 Å². The third-order valence-corrected chi connectivity index (χ3v) is 6.75. The van der Waals surface area contributed by atoms with Crippen LogP contribution in [0.25, 0.3) is 11.3 Å². The van der Waals surface area contributed by atoms with Crippen molar-refractivity contribution in [1.29, 1.82) is 0 Å². The van der Waals surface area contributed by atoms with Gasteiger partial charge in [0.1, 0.15) is 0 Å². The van der Waals surface area contributed by atoms with E-state index in [2.05, 4.69) is 21.7 Å². The van der Waals surface area contributed by atoms with Crippen molar-refractivity contribution in [2.24, 2.45) is 11.1 Å². The summed E-state index contributed by atoms with van der Waals surface area (Å²) in [6, 6.07) is 13.0. The minimum Gasteiger partial charge on any atom is -0.388 e. The molecule has 1 aromatic heterocycles. The molecule has 0 radical (unpaired) electrons. The van der Waals surface area contributed by atoms with Crippen molar-refractivity contribution in [2.45, 2.75) is 29.9 Å².